The van der Waals surface area contributed by atoms with E-state index in [1.807, 2.05) is 13.8 Å². The van der Waals surface area contributed by atoms with Gasteiger partial charge in [0.1, 0.15) is 6.54 Å². The second kappa shape index (κ2) is 3.77. The van der Waals surface area contributed by atoms with Gasteiger partial charge in [0.2, 0.25) is 0 Å². The van der Waals surface area contributed by atoms with Crippen LogP contribution in [0.1, 0.15) is 37.6 Å². The van der Waals surface area contributed by atoms with Gasteiger partial charge in [-0.1, -0.05) is 13.8 Å². The molecule has 0 bridgehead atoms. The standard InChI is InChI=1S/C12H16F3NO/c1-11(2)5-9-8(10(17)6-11)3-4-16(9)7-12(13,14)15/h3-4,10,17H,5-7H2,1-2H3. The molecule has 2 rings (SSSR count). The Kier molecular flexibility index (Phi) is 2.77. The molecule has 1 heterocycles. The molecule has 5 heteroatoms. The van der Waals surface area contributed by atoms with Crippen LogP contribution in [-0.2, 0) is 13.0 Å². The zero-order valence-electron chi connectivity index (χ0n) is 9.88. The highest BCUT2D eigenvalue weighted by molar-refractivity contribution is 5.29. The van der Waals surface area contributed by atoms with Crippen LogP contribution in [-0.4, -0.2) is 15.8 Å². The van der Waals surface area contributed by atoms with Gasteiger partial charge in [-0.3, -0.25) is 0 Å². The average Bonchev–Trinajstić information content (AvgIpc) is 2.43. The lowest BCUT2D eigenvalue weighted by Crippen LogP contribution is -2.28. The third kappa shape index (κ3) is 2.65. The molecule has 0 aliphatic heterocycles. The Balaban J connectivity index is 2.34. The first-order valence-corrected chi connectivity index (χ1v) is 5.61. The number of rotatable bonds is 1. The van der Waals surface area contributed by atoms with Gasteiger partial charge in [-0.25, -0.2) is 0 Å². The smallest absolute Gasteiger partial charge is 0.388 e. The number of aliphatic hydroxyl groups is 1. The summed E-state index contributed by atoms with van der Waals surface area (Å²) in [6.45, 7) is 2.94. The van der Waals surface area contributed by atoms with Gasteiger partial charge in [0, 0.05) is 17.5 Å². The molecule has 1 unspecified atom stereocenters. The van der Waals surface area contributed by atoms with E-state index in [1.54, 1.807) is 6.07 Å². The van der Waals surface area contributed by atoms with Crippen molar-refractivity contribution in [1.29, 1.82) is 0 Å². The number of hydrogen-bond acceptors (Lipinski definition) is 1. The Labute approximate surface area is 98.1 Å². The number of aromatic nitrogens is 1. The van der Waals surface area contributed by atoms with Crippen molar-refractivity contribution >= 4 is 0 Å². The fourth-order valence-corrected chi connectivity index (χ4v) is 2.53. The predicted molar refractivity (Wildman–Crippen MR) is 57.5 cm³/mol. The van der Waals surface area contributed by atoms with Crippen molar-refractivity contribution in [2.75, 3.05) is 0 Å². The van der Waals surface area contributed by atoms with E-state index in [2.05, 4.69) is 0 Å². The van der Waals surface area contributed by atoms with E-state index in [0.717, 1.165) is 0 Å². The van der Waals surface area contributed by atoms with Crippen LogP contribution in [0.4, 0.5) is 13.2 Å². The summed E-state index contributed by atoms with van der Waals surface area (Å²) < 4.78 is 38.4. The van der Waals surface area contributed by atoms with E-state index in [1.165, 1.54) is 10.8 Å². The third-order valence-electron chi connectivity index (χ3n) is 3.21. The molecule has 0 saturated carbocycles. The quantitative estimate of drug-likeness (QED) is 0.810. The monoisotopic (exact) mass is 247 g/mol. The topological polar surface area (TPSA) is 25.2 Å². The minimum Gasteiger partial charge on any atom is -0.388 e. The molecular formula is C12H16F3NO. The van der Waals surface area contributed by atoms with E-state index < -0.39 is 18.8 Å². The fourth-order valence-electron chi connectivity index (χ4n) is 2.53. The van der Waals surface area contributed by atoms with Gasteiger partial charge in [0.05, 0.1) is 6.10 Å². The van der Waals surface area contributed by atoms with Crippen LogP contribution in [0.3, 0.4) is 0 Å². The molecular weight excluding hydrogens is 231 g/mol. The largest absolute Gasteiger partial charge is 0.406 e. The van der Waals surface area contributed by atoms with Crippen molar-refractivity contribution in [3.8, 4) is 0 Å². The van der Waals surface area contributed by atoms with Crippen LogP contribution in [0.2, 0.25) is 0 Å². The van der Waals surface area contributed by atoms with Crippen LogP contribution in [0.5, 0.6) is 0 Å². The molecule has 0 fully saturated rings. The first-order valence-electron chi connectivity index (χ1n) is 5.61. The molecule has 17 heavy (non-hydrogen) atoms. The van der Waals surface area contributed by atoms with E-state index in [4.69, 9.17) is 0 Å². The van der Waals surface area contributed by atoms with Crippen LogP contribution in [0.15, 0.2) is 12.3 Å². The third-order valence-corrected chi connectivity index (χ3v) is 3.21. The van der Waals surface area contributed by atoms with Gasteiger partial charge in [-0.2, -0.15) is 13.2 Å². The van der Waals surface area contributed by atoms with Crippen LogP contribution in [0, 0.1) is 5.41 Å². The van der Waals surface area contributed by atoms with Gasteiger partial charge in [-0.15, -0.1) is 0 Å². The molecule has 0 amide bonds. The van der Waals surface area contributed by atoms with E-state index in [0.29, 0.717) is 24.1 Å². The highest BCUT2D eigenvalue weighted by Gasteiger charge is 2.35. The van der Waals surface area contributed by atoms with Gasteiger partial charge < -0.3 is 9.67 Å². The Morgan fingerprint density at radius 3 is 2.71 bits per heavy atom. The molecule has 0 aromatic carbocycles. The second-order valence-electron chi connectivity index (χ2n) is 5.52. The summed E-state index contributed by atoms with van der Waals surface area (Å²) in [5, 5.41) is 9.91. The van der Waals surface area contributed by atoms with Gasteiger partial charge in [0.25, 0.3) is 0 Å². The summed E-state index contributed by atoms with van der Waals surface area (Å²) in [6.07, 6.45) is -2.29. The first-order chi connectivity index (χ1) is 7.68. The minimum absolute atomic E-state index is 0.159. The van der Waals surface area contributed by atoms with E-state index in [-0.39, 0.29) is 5.41 Å². The van der Waals surface area contributed by atoms with Crippen LogP contribution in [0.25, 0.3) is 0 Å². The molecule has 1 aromatic rings. The SMILES string of the molecule is CC1(C)Cc2c(ccn2CC(F)(F)F)C(O)C1. The predicted octanol–water partition coefficient (Wildman–Crippen LogP) is 3.06. The molecule has 96 valence electrons. The highest BCUT2D eigenvalue weighted by atomic mass is 19.4. The number of alkyl halides is 3. The number of fused-ring (bicyclic) bond motifs is 1. The molecule has 2 nitrogen and oxygen atoms in total. The van der Waals surface area contributed by atoms with Gasteiger partial charge in [-0.05, 0) is 24.3 Å². The second-order valence-corrected chi connectivity index (χ2v) is 5.52. The molecule has 0 saturated heterocycles. The molecule has 0 spiro atoms. The summed E-state index contributed by atoms with van der Waals surface area (Å²) in [5.74, 6) is 0. The first kappa shape index (κ1) is 12.5. The maximum atomic E-state index is 12.4. The van der Waals surface area contributed by atoms with Crippen molar-refractivity contribution in [3.05, 3.63) is 23.5 Å². The Hall–Kier alpha value is -0.970. The lowest BCUT2D eigenvalue weighted by Gasteiger charge is -2.34. The molecule has 1 aliphatic carbocycles. The summed E-state index contributed by atoms with van der Waals surface area (Å²) >= 11 is 0. The van der Waals surface area contributed by atoms with Crippen molar-refractivity contribution in [3.63, 3.8) is 0 Å². The average molecular weight is 247 g/mol. The van der Waals surface area contributed by atoms with Crippen molar-refractivity contribution in [2.24, 2.45) is 5.41 Å². The lowest BCUT2D eigenvalue weighted by atomic mass is 9.75. The molecule has 1 aliphatic rings. The minimum atomic E-state index is -4.22. The molecule has 1 N–H and O–H groups in total. The summed E-state index contributed by atoms with van der Waals surface area (Å²) in [4.78, 5) is 0. The van der Waals surface area contributed by atoms with Crippen LogP contribution < -0.4 is 0 Å². The summed E-state index contributed by atoms with van der Waals surface area (Å²) in [6, 6.07) is 1.60. The number of nitrogens with zero attached hydrogens (tertiary/aromatic N) is 1. The Morgan fingerprint density at radius 2 is 2.12 bits per heavy atom. The van der Waals surface area contributed by atoms with Crippen molar-refractivity contribution < 1.29 is 18.3 Å². The number of aliphatic hydroxyl groups excluding tert-OH is 1. The Morgan fingerprint density at radius 1 is 1.47 bits per heavy atom. The number of halogens is 3. The Bertz CT molecular complexity index is 420. The van der Waals surface area contributed by atoms with E-state index in [9.17, 15) is 18.3 Å². The van der Waals surface area contributed by atoms with Gasteiger partial charge in [0.15, 0.2) is 0 Å². The zero-order valence-corrected chi connectivity index (χ0v) is 9.88. The maximum Gasteiger partial charge on any atom is 0.406 e. The molecule has 0 radical (unpaired) electrons. The van der Waals surface area contributed by atoms with Crippen LogP contribution >= 0.6 is 0 Å². The normalized spacial score (nSPS) is 23.5. The number of hydrogen-bond donors (Lipinski definition) is 1. The van der Waals surface area contributed by atoms with Crippen molar-refractivity contribution in [2.45, 2.75) is 45.5 Å². The summed E-state index contributed by atoms with van der Waals surface area (Å²) in [7, 11) is 0. The van der Waals surface area contributed by atoms with Crippen molar-refractivity contribution in [1.82, 2.24) is 4.57 Å². The molecule has 1 aromatic heterocycles. The molecule has 1 atom stereocenters. The van der Waals surface area contributed by atoms with Gasteiger partial charge >= 0.3 is 6.18 Å². The lowest BCUT2D eigenvalue weighted by molar-refractivity contribution is -0.141. The summed E-state index contributed by atoms with van der Waals surface area (Å²) in [5.41, 5.74) is 1.10. The zero-order chi connectivity index (χ0) is 12.8. The van der Waals surface area contributed by atoms with E-state index >= 15 is 0 Å². The highest BCUT2D eigenvalue weighted by Crippen LogP contribution is 2.41. The fraction of sp³-hybridized carbons (Fsp3) is 0.667. The maximum absolute atomic E-state index is 12.4.